The van der Waals surface area contributed by atoms with Gasteiger partial charge in [0.1, 0.15) is 0 Å². The zero-order chi connectivity index (χ0) is 13.5. The Morgan fingerprint density at radius 2 is 2.22 bits per heavy atom. The fourth-order valence-corrected chi connectivity index (χ4v) is 1.90. The van der Waals surface area contributed by atoms with Crippen LogP contribution in [0.3, 0.4) is 0 Å². The monoisotopic (exact) mass is 260 g/mol. The number of hydrogen-bond acceptors (Lipinski definition) is 4. The van der Waals surface area contributed by atoms with Crippen LogP contribution in [0.4, 0.5) is 4.79 Å². The fraction of sp³-hybridized carbons (Fsp3) is 0.818. The molecule has 1 rings (SSSR count). The van der Waals surface area contributed by atoms with E-state index in [1.165, 1.54) is 9.80 Å². The van der Waals surface area contributed by atoms with Gasteiger partial charge >= 0.3 is 12.0 Å². The third-order valence-electron chi connectivity index (χ3n) is 2.86. The maximum atomic E-state index is 12.1. The number of carbonyl (C=O) groups is 2. The molecule has 7 heteroatoms. The molecule has 0 saturated carbocycles. The van der Waals surface area contributed by atoms with Crippen LogP contribution in [0.15, 0.2) is 0 Å². The quantitative estimate of drug-likeness (QED) is 0.701. The van der Waals surface area contributed by atoms with E-state index in [9.17, 15) is 9.59 Å². The van der Waals surface area contributed by atoms with E-state index < -0.39 is 12.0 Å². The molecule has 1 atom stereocenters. The molecule has 1 heterocycles. The molecule has 1 saturated heterocycles. The Morgan fingerprint density at radius 1 is 1.50 bits per heavy atom. The lowest BCUT2D eigenvalue weighted by molar-refractivity contribution is -0.139. The Balaban J connectivity index is 2.58. The summed E-state index contributed by atoms with van der Waals surface area (Å²) in [5.74, 6) is -0.943. The minimum atomic E-state index is -0.943. The number of aliphatic hydroxyl groups is 1. The molecule has 18 heavy (non-hydrogen) atoms. The standard InChI is InChI=1S/C11H20N2O5/c1-12(3-2-5-14)11(17)13-4-6-18-8-9(13)7-10(15)16/h9,14H,2-8H2,1H3,(H,15,16). The molecule has 0 spiro atoms. The zero-order valence-electron chi connectivity index (χ0n) is 10.5. The first-order valence-corrected chi connectivity index (χ1v) is 5.98. The lowest BCUT2D eigenvalue weighted by Gasteiger charge is -2.37. The molecule has 0 aliphatic carbocycles. The van der Waals surface area contributed by atoms with Crippen LogP contribution in [0.1, 0.15) is 12.8 Å². The molecule has 0 aromatic carbocycles. The number of aliphatic hydroxyl groups excluding tert-OH is 1. The van der Waals surface area contributed by atoms with Crippen molar-refractivity contribution < 1.29 is 24.5 Å². The molecule has 7 nitrogen and oxygen atoms in total. The largest absolute Gasteiger partial charge is 0.481 e. The first-order valence-electron chi connectivity index (χ1n) is 5.98. The maximum Gasteiger partial charge on any atom is 0.320 e. The second-order valence-electron chi connectivity index (χ2n) is 4.30. The average molecular weight is 260 g/mol. The van der Waals surface area contributed by atoms with Gasteiger partial charge in [-0.25, -0.2) is 4.79 Å². The highest BCUT2D eigenvalue weighted by Gasteiger charge is 2.30. The van der Waals surface area contributed by atoms with Gasteiger partial charge in [-0.2, -0.15) is 0 Å². The van der Waals surface area contributed by atoms with Gasteiger partial charge in [0, 0.05) is 26.7 Å². The van der Waals surface area contributed by atoms with E-state index in [0.717, 1.165) is 0 Å². The number of rotatable bonds is 5. The van der Waals surface area contributed by atoms with E-state index >= 15 is 0 Å². The van der Waals surface area contributed by atoms with E-state index in [0.29, 0.717) is 26.1 Å². The first kappa shape index (κ1) is 14.7. The van der Waals surface area contributed by atoms with Crippen molar-refractivity contribution in [3.05, 3.63) is 0 Å². The molecule has 1 aliphatic heterocycles. The number of carboxylic acid groups (broad SMARTS) is 1. The van der Waals surface area contributed by atoms with Crippen LogP contribution < -0.4 is 0 Å². The third kappa shape index (κ3) is 4.15. The van der Waals surface area contributed by atoms with Crippen LogP contribution in [-0.2, 0) is 9.53 Å². The van der Waals surface area contributed by atoms with Crippen LogP contribution in [0.25, 0.3) is 0 Å². The second kappa shape index (κ2) is 7.17. The van der Waals surface area contributed by atoms with E-state index in [1.807, 2.05) is 0 Å². The normalized spacial score (nSPS) is 19.7. The molecular weight excluding hydrogens is 240 g/mol. The van der Waals surface area contributed by atoms with Crippen molar-refractivity contribution >= 4 is 12.0 Å². The van der Waals surface area contributed by atoms with Crippen molar-refractivity contribution in [2.75, 3.05) is 40.0 Å². The van der Waals surface area contributed by atoms with Gasteiger partial charge in [0.2, 0.25) is 0 Å². The van der Waals surface area contributed by atoms with Crippen molar-refractivity contribution in [2.45, 2.75) is 18.9 Å². The minimum absolute atomic E-state index is 0.0271. The highest BCUT2D eigenvalue weighted by Crippen LogP contribution is 2.13. The summed E-state index contributed by atoms with van der Waals surface area (Å²) in [6.07, 6.45) is 0.399. The smallest absolute Gasteiger partial charge is 0.320 e. The van der Waals surface area contributed by atoms with Gasteiger partial charge in [-0.3, -0.25) is 4.79 Å². The number of morpholine rings is 1. The predicted octanol–water partition coefficient (Wildman–Crippen LogP) is -0.404. The molecule has 1 aliphatic rings. The van der Waals surface area contributed by atoms with Crippen LogP contribution in [-0.4, -0.2) is 78.0 Å². The SMILES string of the molecule is CN(CCCO)C(=O)N1CCOCC1CC(=O)O. The van der Waals surface area contributed by atoms with Crippen LogP contribution in [0.2, 0.25) is 0 Å². The highest BCUT2D eigenvalue weighted by atomic mass is 16.5. The van der Waals surface area contributed by atoms with E-state index in [-0.39, 0.29) is 25.7 Å². The highest BCUT2D eigenvalue weighted by molar-refractivity contribution is 5.76. The molecule has 0 radical (unpaired) electrons. The molecule has 1 fully saturated rings. The predicted molar refractivity (Wildman–Crippen MR) is 63.3 cm³/mol. The molecule has 0 aromatic heterocycles. The summed E-state index contributed by atoms with van der Waals surface area (Å²) in [6.45, 7) is 1.56. The molecule has 2 amide bonds. The maximum absolute atomic E-state index is 12.1. The Morgan fingerprint density at radius 3 is 2.83 bits per heavy atom. The summed E-state index contributed by atoms with van der Waals surface area (Å²) >= 11 is 0. The Labute approximate surface area is 106 Å². The van der Waals surface area contributed by atoms with E-state index in [1.54, 1.807) is 7.05 Å². The van der Waals surface area contributed by atoms with Gasteiger partial charge in [0.25, 0.3) is 0 Å². The molecule has 104 valence electrons. The van der Waals surface area contributed by atoms with Crippen molar-refractivity contribution in [3.63, 3.8) is 0 Å². The molecule has 0 aromatic rings. The van der Waals surface area contributed by atoms with Crippen molar-refractivity contribution in [3.8, 4) is 0 Å². The summed E-state index contributed by atoms with van der Waals surface area (Å²) in [7, 11) is 1.64. The number of aliphatic carboxylic acids is 1. The Hall–Kier alpha value is -1.34. The Bertz CT molecular complexity index is 297. The summed E-state index contributed by atoms with van der Waals surface area (Å²) in [6, 6.07) is -0.627. The topological polar surface area (TPSA) is 90.3 Å². The van der Waals surface area contributed by atoms with Gasteiger partial charge in [0.15, 0.2) is 0 Å². The van der Waals surface area contributed by atoms with Gasteiger partial charge in [-0.05, 0) is 6.42 Å². The summed E-state index contributed by atoms with van der Waals surface area (Å²) in [5.41, 5.74) is 0. The first-order chi connectivity index (χ1) is 8.56. The minimum Gasteiger partial charge on any atom is -0.481 e. The lowest BCUT2D eigenvalue weighted by Crippen LogP contribution is -2.53. The van der Waals surface area contributed by atoms with Crippen LogP contribution in [0.5, 0.6) is 0 Å². The number of urea groups is 1. The number of amides is 2. The number of carbonyl (C=O) groups excluding carboxylic acids is 1. The van der Waals surface area contributed by atoms with E-state index in [2.05, 4.69) is 0 Å². The zero-order valence-corrected chi connectivity index (χ0v) is 10.5. The van der Waals surface area contributed by atoms with Gasteiger partial charge in [0.05, 0.1) is 25.7 Å². The summed E-state index contributed by atoms with van der Waals surface area (Å²) in [4.78, 5) is 25.9. The molecule has 1 unspecified atom stereocenters. The fourth-order valence-electron chi connectivity index (χ4n) is 1.90. The van der Waals surface area contributed by atoms with Crippen molar-refractivity contribution in [2.24, 2.45) is 0 Å². The van der Waals surface area contributed by atoms with Crippen molar-refractivity contribution in [1.82, 2.24) is 9.80 Å². The summed E-state index contributed by atoms with van der Waals surface area (Å²) in [5, 5.41) is 17.5. The summed E-state index contributed by atoms with van der Waals surface area (Å²) < 4.78 is 5.21. The van der Waals surface area contributed by atoms with Crippen molar-refractivity contribution in [1.29, 1.82) is 0 Å². The lowest BCUT2D eigenvalue weighted by atomic mass is 10.1. The third-order valence-corrected chi connectivity index (χ3v) is 2.86. The number of ether oxygens (including phenoxy) is 1. The van der Waals surface area contributed by atoms with Crippen LogP contribution >= 0.6 is 0 Å². The molecular formula is C11H20N2O5. The number of nitrogens with zero attached hydrogens (tertiary/aromatic N) is 2. The molecule has 0 bridgehead atoms. The van der Waals surface area contributed by atoms with Gasteiger partial charge < -0.3 is 24.7 Å². The van der Waals surface area contributed by atoms with E-state index in [4.69, 9.17) is 14.9 Å². The average Bonchev–Trinajstić information content (AvgIpc) is 2.35. The van der Waals surface area contributed by atoms with Gasteiger partial charge in [-0.15, -0.1) is 0 Å². The number of hydrogen-bond donors (Lipinski definition) is 2. The van der Waals surface area contributed by atoms with Gasteiger partial charge in [-0.1, -0.05) is 0 Å². The second-order valence-corrected chi connectivity index (χ2v) is 4.30. The number of carboxylic acids is 1. The Kier molecular flexibility index (Phi) is 5.87. The molecule has 2 N–H and O–H groups in total. The van der Waals surface area contributed by atoms with Crippen LogP contribution in [0, 0.1) is 0 Å².